The molecule has 0 aromatic carbocycles. The summed E-state index contributed by atoms with van der Waals surface area (Å²) < 4.78 is 4.56. The van der Waals surface area contributed by atoms with Crippen LogP contribution in [0, 0.1) is 78.5 Å². The molecule has 0 spiro atoms. The fourth-order valence-corrected chi connectivity index (χ4v) is 20.8. The molecule has 0 aromatic heterocycles. The molecule has 1 nitrogen and oxygen atoms in total. The van der Waals surface area contributed by atoms with Gasteiger partial charge in [0.15, 0.2) is 0 Å². The van der Waals surface area contributed by atoms with E-state index in [4.69, 9.17) is 0 Å². The van der Waals surface area contributed by atoms with Crippen LogP contribution < -0.4 is 0 Å². The molecule has 253 valence electrons. The van der Waals surface area contributed by atoms with Crippen LogP contribution in [0.5, 0.6) is 0 Å². The fraction of sp³-hybridized carbons (Fsp3) is 0.944. The minimum absolute atomic E-state index is 0. The van der Waals surface area contributed by atoms with Crippen molar-refractivity contribution in [3.05, 3.63) is 19.5 Å². The molecular formula is C36H80GdNSi4. The molecule has 6 unspecified atom stereocenters. The van der Waals surface area contributed by atoms with Crippen molar-refractivity contribution in [2.24, 2.45) is 23.7 Å². The van der Waals surface area contributed by atoms with E-state index in [1.807, 2.05) is 0 Å². The van der Waals surface area contributed by atoms with Gasteiger partial charge in [-0.2, -0.15) is 0 Å². The third kappa shape index (κ3) is 12.3. The molecule has 4 aliphatic rings. The Bertz CT molecular complexity index is 665. The van der Waals surface area contributed by atoms with Crippen molar-refractivity contribution in [1.82, 2.24) is 0 Å². The van der Waals surface area contributed by atoms with Gasteiger partial charge in [-0.1, -0.05) is 189 Å². The first-order valence-corrected chi connectivity index (χ1v) is 29.3. The van der Waals surface area contributed by atoms with Crippen molar-refractivity contribution < 1.29 is 39.9 Å². The Labute approximate surface area is 306 Å². The van der Waals surface area contributed by atoms with Gasteiger partial charge in [0, 0.05) is 0 Å². The Hall–Kier alpha value is 2.15. The van der Waals surface area contributed by atoms with Gasteiger partial charge in [0.1, 0.15) is 0 Å². The van der Waals surface area contributed by atoms with Gasteiger partial charge >= 0.3 is 39.9 Å². The molecule has 4 rings (SSSR count). The van der Waals surface area contributed by atoms with E-state index >= 15 is 0 Å². The monoisotopic (exact) mass is 796 g/mol. The third-order valence-electron chi connectivity index (χ3n) is 13.0. The second kappa shape index (κ2) is 19.2. The summed E-state index contributed by atoms with van der Waals surface area (Å²) in [5, 5.41) is 1.17. The first-order chi connectivity index (χ1) is 17.8. The molecule has 0 N–H and O–H groups in total. The van der Waals surface area contributed by atoms with Gasteiger partial charge in [-0.3, -0.25) is 0 Å². The van der Waals surface area contributed by atoms with Crippen LogP contribution in [0.4, 0.5) is 0 Å². The summed E-state index contributed by atoms with van der Waals surface area (Å²) in [6, 6.07) is 0. The van der Waals surface area contributed by atoms with Crippen LogP contribution in [0.3, 0.4) is 0 Å². The maximum absolute atomic E-state index is 4.56. The Kier molecular flexibility index (Phi) is 21.2. The Balaban J connectivity index is 0. The van der Waals surface area contributed by atoms with Crippen LogP contribution in [-0.4, -0.2) is 34.1 Å². The summed E-state index contributed by atoms with van der Waals surface area (Å²) in [4.78, 5) is 0. The van der Waals surface area contributed by atoms with E-state index in [1.165, 1.54) is 25.7 Å². The number of hydrogen-bond donors (Lipinski definition) is 0. The van der Waals surface area contributed by atoms with Gasteiger partial charge in [-0.05, 0) is 44.8 Å². The van der Waals surface area contributed by atoms with Crippen LogP contribution in [-0.2, 0) is 0 Å². The normalized spacial score (nSPS) is 29.4. The second-order valence-corrected chi connectivity index (χ2v) is 35.0. The predicted molar refractivity (Wildman–Crippen MR) is 205 cm³/mol. The van der Waals surface area contributed by atoms with E-state index in [2.05, 4.69) is 98.6 Å². The zero-order chi connectivity index (χ0) is 29.8. The molecule has 0 heterocycles. The van der Waals surface area contributed by atoms with Gasteiger partial charge in [-0.15, -0.1) is 0 Å². The van der Waals surface area contributed by atoms with Crippen molar-refractivity contribution in [3.8, 4) is 0 Å². The van der Waals surface area contributed by atoms with Crippen LogP contribution in [0.2, 0.25) is 73.5 Å². The molecule has 0 bridgehead atoms. The SMILES string of the molecule is CC(C)(C)[Si](C)(C)C1CCC2CCCCC21.CC(C)(C)[Si](C)(C)C1CCC2CCCCC21.C[SiH](C)[N-][SiH](C)C.[CH3-].[CH3-].[Gd+3]. The van der Waals surface area contributed by atoms with Crippen molar-refractivity contribution in [3.63, 3.8) is 0 Å². The molecule has 0 amide bonds. The van der Waals surface area contributed by atoms with Crippen LogP contribution in [0.25, 0.3) is 4.65 Å². The van der Waals surface area contributed by atoms with E-state index in [0.717, 1.165) is 34.8 Å². The van der Waals surface area contributed by atoms with Gasteiger partial charge in [-0.25, -0.2) is 0 Å². The first kappa shape index (κ1) is 46.3. The maximum atomic E-state index is 4.56. The maximum Gasteiger partial charge on any atom is 3.00 e. The minimum atomic E-state index is -1.08. The van der Waals surface area contributed by atoms with E-state index in [0.29, 0.717) is 10.1 Å². The summed E-state index contributed by atoms with van der Waals surface area (Å²) in [5.41, 5.74) is 2.25. The summed E-state index contributed by atoms with van der Waals surface area (Å²) in [7, 11) is -3.24. The second-order valence-electron chi connectivity index (χ2n) is 18.1. The van der Waals surface area contributed by atoms with Crippen LogP contribution in [0.1, 0.15) is 119 Å². The average molecular weight is 797 g/mol. The Morgan fingerprint density at radius 1 is 0.500 bits per heavy atom. The van der Waals surface area contributed by atoms with E-state index in [9.17, 15) is 0 Å². The molecule has 42 heavy (non-hydrogen) atoms. The van der Waals surface area contributed by atoms with E-state index in [-0.39, 0.29) is 54.8 Å². The molecule has 0 aromatic rings. The number of hydrogen-bond acceptors (Lipinski definition) is 0. The van der Waals surface area contributed by atoms with Gasteiger partial charge in [0.05, 0.1) is 16.1 Å². The smallest absolute Gasteiger partial charge is 0.672 e. The van der Waals surface area contributed by atoms with Gasteiger partial charge in [0.25, 0.3) is 0 Å². The molecule has 4 aliphatic carbocycles. The summed E-state index contributed by atoms with van der Waals surface area (Å²) >= 11 is 0. The first-order valence-electron chi connectivity index (χ1n) is 17.5. The van der Waals surface area contributed by atoms with Gasteiger partial charge < -0.3 is 19.5 Å². The van der Waals surface area contributed by atoms with Crippen molar-refractivity contribution in [2.75, 3.05) is 0 Å². The number of fused-ring (bicyclic) bond motifs is 2. The largest absolute Gasteiger partial charge is 3.00 e. The molecule has 0 saturated heterocycles. The van der Waals surface area contributed by atoms with Crippen LogP contribution >= 0.6 is 0 Å². The molecule has 6 atom stereocenters. The molecule has 6 heteroatoms. The van der Waals surface area contributed by atoms with Crippen LogP contribution in [0.15, 0.2) is 0 Å². The summed E-state index contributed by atoms with van der Waals surface area (Å²) in [6.45, 7) is 34.7. The quantitative estimate of drug-likeness (QED) is 0.199. The van der Waals surface area contributed by atoms with Crippen molar-refractivity contribution >= 4 is 34.1 Å². The number of nitrogens with zero attached hydrogens (tertiary/aromatic N) is 1. The van der Waals surface area contributed by atoms with Gasteiger partial charge in [0.2, 0.25) is 0 Å². The molecule has 0 aliphatic heterocycles. The molecular weight excluding hydrogens is 716 g/mol. The average Bonchev–Trinajstić information content (AvgIpc) is 3.42. The minimum Gasteiger partial charge on any atom is -0.672 e. The standard InChI is InChI=1S/2C15H30Si.C4H14NSi2.2CH3.Gd/c2*1-15(2,3)16(4,5)14-11-10-12-8-6-7-9-13(12)14;1-6(2)5-7(3)4;;;/h2*12-14H,6-11H2,1-5H3;6-7H,1-4H3;2*1H3;/q;;3*-1;+3. The third-order valence-corrected chi connectivity index (χ3v) is 30.6. The molecule has 1 radical (unpaired) electrons. The zero-order valence-corrected chi connectivity index (χ0v) is 38.5. The van der Waals surface area contributed by atoms with E-state index < -0.39 is 34.1 Å². The topological polar surface area (TPSA) is 14.1 Å². The molecule has 4 fully saturated rings. The van der Waals surface area contributed by atoms with Crippen molar-refractivity contribution in [2.45, 2.75) is 192 Å². The Morgan fingerprint density at radius 2 is 0.786 bits per heavy atom. The van der Waals surface area contributed by atoms with Crippen molar-refractivity contribution in [1.29, 1.82) is 0 Å². The summed E-state index contributed by atoms with van der Waals surface area (Å²) in [5.74, 6) is 4.48. The fourth-order valence-electron chi connectivity index (χ4n) is 8.97. The zero-order valence-electron chi connectivity index (χ0n) is 31.9. The van der Waals surface area contributed by atoms with E-state index in [1.54, 1.807) is 51.4 Å². The Morgan fingerprint density at radius 3 is 1.02 bits per heavy atom. The number of rotatable bonds is 4. The summed E-state index contributed by atoms with van der Waals surface area (Å²) in [6.07, 6.45) is 18.5. The molecule has 4 saturated carbocycles. The predicted octanol–water partition coefficient (Wildman–Crippen LogP) is 13.2.